The van der Waals surface area contributed by atoms with E-state index in [1.54, 1.807) is 24.5 Å². The van der Waals surface area contributed by atoms with Gasteiger partial charge in [0.05, 0.1) is 18.8 Å². The Balaban J connectivity index is 1.31. The molecule has 2 aromatic rings. The second-order valence-electron chi connectivity index (χ2n) is 6.79. The monoisotopic (exact) mass is 400 g/mol. The Labute approximate surface area is 168 Å². The Morgan fingerprint density at radius 3 is 2.93 bits per heavy atom. The van der Waals surface area contributed by atoms with Gasteiger partial charge in [0.15, 0.2) is 0 Å². The topological polar surface area (TPSA) is 76.6 Å². The third kappa shape index (κ3) is 4.94. The molecule has 0 aliphatic carbocycles. The summed E-state index contributed by atoms with van der Waals surface area (Å²) in [5, 5.41) is 2.94. The van der Waals surface area contributed by atoms with E-state index in [4.69, 9.17) is 9.47 Å². The molecule has 0 unspecified atom stereocenters. The minimum Gasteiger partial charge on any atom is -0.473 e. The summed E-state index contributed by atoms with van der Waals surface area (Å²) in [6.07, 6.45) is 4.62. The fourth-order valence-corrected chi connectivity index (χ4v) is 4.28. The summed E-state index contributed by atoms with van der Waals surface area (Å²) in [6, 6.07) is 7.45. The van der Waals surface area contributed by atoms with Gasteiger partial charge >= 0.3 is 0 Å². The summed E-state index contributed by atoms with van der Waals surface area (Å²) in [4.78, 5) is 23.3. The molecule has 1 atom stereocenters. The van der Waals surface area contributed by atoms with Gasteiger partial charge in [-0.2, -0.15) is 11.8 Å². The van der Waals surface area contributed by atoms with Crippen LogP contribution in [0.2, 0.25) is 0 Å². The molecule has 4 heterocycles. The minimum atomic E-state index is -0.153. The van der Waals surface area contributed by atoms with Crippen molar-refractivity contribution in [3.63, 3.8) is 0 Å². The smallest absolute Gasteiger partial charge is 0.253 e. The molecule has 0 radical (unpaired) electrons. The zero-order valence-corrected chi connectivity index (χ0v) is 16.5. The van der Waals surface area contributed by atoms with Gasteiger partial charge in [-0.1, -0.05) is 0 Å². The summed E-state index contributed by atoms with van der Waals surface area (Å²) in [5.74, 6) is 3.48. The van der Waals surface area contributed by atoms with Gasteiger partial charge in [0.1, 0.15) is 11.9 Å². The third-order valence-corrected chi connectivity index (χ3v) is 5.90. The molecule has 7 nitrogen and oxygen atoms in total. The van der Waals surface area contributed by atoms with Gasteiger partial charge < -0.3 is 19.7 Å². The third-order valence-electron chi connectivity index (χ3n) is 4.77. The molecule has 1 amide bonds. The average Bonchev–Trinajstić information content (AvgIpc) is 3.26. The van der Waals surface area contributed by atoms with Crippen LogP contribution in [0.25, 0.3) is 0 Å². The van der Waals surface area contributed by atoms with Crippen molar-refractivity contribution in [2.75, 3.05) is 42.7 Å². The SMILES string of the molecule is O=C(NCc1ccnc(N2CCOCC2)c1)c1ccc(O[C@H]2CCSC2)nc1. The number of hydrogen-bond acceptors (Lipinski definition) is 7. The lowest BCUT2D eigenvalue weighted by Gasteiger charge is -2.28. The molecule has 148 valence electrons. The fraction of sp³-hybridized carbons (Fsp3) is 0.450. The quantitative estimate of drug-likeness (QED) is 0.796. The van der Waals surface area contributed by atoms with E-state index in [-0.39, 0.29) is 12.0 Å². The molecule has 2 fully saturated rings. The summed E-state index contributed by atoms with van der Waals surface area (Å²) < 4.78 is 11.2. The first-order chi connectivity index (χ1) is 13.8. The Hall–Kier alpha value is -2.32. The number of aromatic nitrogens is 2. The van der Waals surface area contributed by atoms with Gasteiger partial charge in [0.25, 0.3) is 5.91 Å². The molecule has 2 aromatic heterocycles. The highest BCUT2D eigenvalue weighted by Crippen LogP contribution is 2.22. The summed E-state index contributed by atoms with van der Waals surface area (Å²) in [5.41, 5.74) is 1.53. The molecule has 8 heteroatoms. The van der Waals surface area contributed by atoms with Gasteiger partial charge in [0, 0.05) is 43.8 Å². The maximum Gasteiger partial charge on any atom is 0.253 e. The normalized spacial score (nSPS) is 19.4. The van der Waals surface area contributed by atoms with Crippen LogP contribution in [0.4, 0.5) is 5.82 Å². The van der Waals surface area contributed by atoms with Crippen molar-refractivity contribution >= 4 is 23.5 Å². The van der Waals surface area contributed by atoms with E-state index in [9.17, 15) is 4.79 Å². The fourth-order valence-electron chi connectivity index (χ4n) is 3.18. The number of amides is 1. The number of pyridine rings is 2. The van der Waals surface area contributed by atoms with Crippen molar-refractivity contribution in [3.8, 4) is 5.88 Å². The molecular formula is C20H24N4O3S. The van der Waals surface area contributed by atoms with Crippen molar-refractivity contribution in [1.29, 1.82) is 0 Å². The van der Waals surface area contributed by atoms with Gasteiger partial charge in [-0.25, -0.2) is 9.97 Å². The molecule has 2 aliphatic rings. The molecule has 0 aromatic carbocycles. The first kappa shape index (κ1) is 19.0. The maximum atomic E-state index is 12.4. The number of nitrogens with zero attached hydrogens (tertiary/aromatic N) is 3. The molecule has 4 rings (SSSR count). The van der Waals surface area contributed by atoms with Crippen molar-refractivity contribution in [2.24, 2.45) is 0 Å². The van der Waals surface area contributed by atoms with E-state index in [1.165, 1.54) is 0 Å². The summed E-state index contributed by atoms with van der Waals surface area (Å²) >= 11 is 1.89. The van der Waals surface area contributed by atoms with Crippen LogP contribution in [0, 0.1) is 0 Å². The highest BCUT2D eigenvalue weighted by atomic mass is 32.2. The number of thioether (sulfide) groups is 1. The molecule has 0 bridgehead atoms. The van der Waals surface area contributed by atoms with Crippen LogP contribution >= 0.6 is 11.8 Å². The molecule has 28 heavy (non-hydrogen) atoms. The Morgan fingerprint density at radius 1 is 1.29 bits per heavy atom. The van der Waals surface area contributed by atoms with Crippen LogP contribution in [0.1, 0.15) is 22.3 Å². The maximum absolute atomic E-state index is 12.4. The summed E-state index contributed by atoms with van der Waals surface area (Å²) in [6.45, 7) is 3.55. The zero-order chi connectivity index (χ0) is 19.2. The van der Waals surface area contributed by atoms with Crippen molar-refractivity contribution in [1.82, 2.24) is 15.3 Å². The number of carbonyl (C=O) groups excluding carboxylic acids is 1. The van der Waals surface area contributed by atoms with Crippen molar-refractivity contribution < 1.29 is 14.3 Å². The Kier molecular flexibility index (Phi) is 6.28. The second-order valence-corrected chi connectivity index (χ2v) is 7.94. The molecule has 0 spiro atoms. The number of nitrogens with one attached hydrogen (secondary N) is 1. The number of ether oxygens (including phenoxy) is 2. The van der Waals surface area contributed by atoms with E-state index in [2.05, 4.69) is 20.2 Å². The van der Waals surface area contributed by atoms with Crippen LogP contribution in [0.5, 0.6) is 5.88 Å². The second kappa shape index (κ2) is 9.25. The lowest BCUT2D eigenvalue weighted by atomic mass is 10.2. The van der Waals surface area contributed by atoms with Gasteiger partial charge in [-0.3, -0.25) is 4.79 Å². The zero-order valence-electron chi connectivity index (χ0n) is 15.7. The lowest BCUT2D eigenvalue weighted by Crippen LogP contribution is -2.36. The van der Waals surface area contributed by atoms with Crippen LogP contribution < -0.4 is 15.0 Å². The predicted octanol–water partition coefficient (Wildman–Crippen LogP) is 2.13. The average molecular weight is 401 g/mol. The van der Waals surface area contributed by atoms with E-state index >= 15 is 0 Å². The minimum absolute atomic E-state index is 0.153. The van der Waals surface area contributed by atoms with E-state index in [0.29, 0.717) is 18.0 Å². The lowest BCUT2D eigenvalue weighted by molar-refractivity contribution is 0.0950. The van der Waals surface area contributed by atoms with Gasteiger partial charge in [-0.05, 0) is 35.9 Å². The number of hydrogen-bond donors (Lipinski definition) is 1. The van der Waals surface area contributed by atoms with E-state index in [1.807, 2.05) is 23.9 Å². The van der Waals surface area contributed by atoms with Gasteiger partial charge in [0.2, 0.25) is 5.88 Å². The highest BCUT2D eigenvalue weighted by Gasteiger charge is 2.18. The Morgan fingerprint density at radius 2 is 2.18 bits per heavy atom. The standard InChI is InChI=1S/C20H24N4O3S/c25-20(16-1-2-19(22-13-16)27-17-4-10-28-14-17)23-12-15-3-5-21-18(11-15)24-6-8-26-9-7-24/h1-3,5,11,13,17H,4,6-10,12,14H2,(H,23,25)/t17-/m0/s1. The van der Waals surface area contributed by atoms with E-state index < -0.39 is 0 Å². The van der Waals surface area contributed by atoms with Crippen molar-refractivity contribution in [3.05, 3.63) is 47.8 Å². The Bertz CT molecular complexity index is 790. The van der Waals surface area contributed by atoms with Crippen LogP contribution in [-0.2, 0) is 11.3 Å². The first-order valence-corrected chi connectivity index (χ1v) is 10.7. The molecule has 2 saturated heterocycles. The number of carbonyl (C=O) groups is 1. The number of rotatable bonds is 6. The van der Waals surface area contributed by atoms with Crippen molar-refractivity contribution in [2.45, 2.75) is 19.1 Å². The van der Waals surface area contributed by atoms with Crippen LogP contribution in [-0.4, -0.2) is 59.8 Å². The molecule has 0 saturated carbocycles. The number of anilines is 1. The van der Waals surface area contributed by atoms with Gasteiger partial charge in [-0.15, -0.1) is 0 Å². The molecule has 1 N–H and O–H groups in total. The molecular weight excluding hydrogens is 376 g/mol. The van der Waals surface area contributed by atoms with E-state index in [0.717, 1.165) is 55.6 Å². The largest absolute Gasteiger partial charge is 0.473 e. The molecule has 2 aliphatic heterocycles. The first-order valence-electron chi connectivity index (χ1n) is 9.54. The number of morpholine rings is 1. The summed E-state index contributed by atoms with van der Waals surface area (Å²) in [7, 11) is 0. The predicted molar refractivity (Wildman–Crippen MR) is 109 cm³/mol. The highest BCUT2D eigenvalue weighted by molar-refractivity contribution is 7.99. The van der Waals surface area contributed by atoms with Crippen LogP contribution in [0.15, 0.2) is 36.7 Å². The van der Waals surface area contributed by atoms with Crippen LogP contribution in [0.3, 0.4) is 0 Å².